The van der Waals surface area contributed by atoms with Gasteiger partial charge in [-0.25, -0.2) is 10.2 Å². The minimum Gasteiger partial charge on any atom is -0.507 e. The van der Waals surface area contributed by atoms with Gasteiger partial charge in [0, 0.05) is 26.2 Å². The number of phenolic OH excluding ortho intramolecular Hbond substituents is 1. The maximum absolute atomic E-state index is 12.6. The maximum atomic E-state index is 12.6. The summed E-state index contributed by atoms with van der Waals surface area (Å²) < 4.78 is 3.94. The topological polar surface area (TPSA) is 106 Å². The van der Waals surface area contributed by atoms with Gasteiger partial charge in [0.05, 0.1) is 5.71 Å². The third kappa shape index (κ3) is 3.03. The van der Waals surface area contributed by atoms with Crippen molar-refractivity contribution >= 4 is 22.8 Å². The number of rotatable bonds is 5. The Balaban J connectivity index is 2.15. The van der Waals surface area contributed by atoms with E-state index in [4.69, 9.17) is 0 Å². The zero-order chi connectivity index (χ0) is 19.7. The van der Waals surface area contributed by atoms with Crippen LogP contribution >= 0.6 is 0 Å². The molecule has 0 saturated carbocycles. The summed E-state index contributed by atoms with van der Waals surface area (Å²) in [6.45, 7) is 5.74. The number of anilines is 1. The highest BCUT2D eigenvalue weighted by atomic mass is 16.3. The van der Waals surface area contributed by atoms with Crippen LogP contribution in [0, 0.1) is 0 Å². The van der Waals surface area contributed by atoms with Gasteiger partial charge in [-0.15, -0.1) is 6.58 Å². The maximum Gasteiger partial charge on any atom is 0.332 e. The number of hydrogen-bond donors (Lipinski definition) is 2. The number of imidazole rings is 1. The first kappa shape index (κ1) is 18.2. The number of hydrazone groups is 1. The van der Waals surface area contributed by atoms with E-state index in [0.717, 1.165) is 4.57 Å². The largest absolute Gasteiger partial charge is 0.507 e. The van der Waals surface area contributed by atoms with Gasteiger partial charge in [-0.1, -0.05) is 18.2 Å². The van der Waals surface area contributed by atoms with Crippen LogP contribution in [0.25, 0.3) is 11.2 Å². The molecule has 0 aliphatic carbocycles. The van der Waals surface area contributed by atoms with Crippen molar-refractivity contribution in [2.24, 2.45) is 19.2 Å². The molecule has 0 bridgehead atoms. The van der Waals surface area contributed by atoms with E-state index >= 15 is 0 Å². The number of aromatic hydroxyl groups is 1. The monoisotopic (exact) mass is 368 g/mol. The smallest absolute Gasteiger partial charge is 0.332 e. The molecule has 0 fully saturated rings. The lowest BCUT2D eigenvalue weighted by molar-refractivity contribution is 0.474. The van der Waals surface area contributed by atoms with Crippen LogP contribution < -0.4 is 16.7 Å². The molecular weight excluding hydrogens is 348 g/mol. The Morgan fingerprint density at radius 1 is 1.30 bits per heavy atom. The van der Waals surface area contributed by atoms with Gasteiger partial charge in [-0.05, 0) is 19.1 Å². The quantitative estimate of drug-likeness (QED) is 0.399. The fourth-order valence-corrected chi connectivity index (χ4v) is 2.81. The molecule has 9 nitrogen and oxygen atoms in total. The van der Waals surface area contributed by atoms with Crippen LogP contribution in [0.15, 0.2) is 51.6 Å². The minimum absolute atomic E-state index is 0.108. The summed E-state index contributed by atoms with van der Waals surface area (Å²) in [5.74, 6) is 0.398. The molecular formula is C18H20N6O3. The number of nitrogens with zero attached hydrogens (tertiary/aromatic N) is 5. The van der Waals surface area contributed by atoms with E-state index in [2.05, 4.69) is 22.1 Å². The molecule has 2 N–H and O–H groups in total. The summed E-state index contributed by atoms with van der Waals surface area (Å²) in [7, 11) is 2.97. The first-order chi connectivity index (χ1) is 12.9. The van der Waals surface area contributed by atoms with Crippen molar-refractivity contribution in [1.82, 2.24) is 18.7 Å². The third-order valence-electron chi connectivity index (χ3n) is 4.28. The molecule has 2 heterocycles. The molecule has 1 aromatic carbocycles. The Morgan fingerprint density at radius 2 is 2.00 bits per heavy atom. The predicted molar refractivity (Wildman–Crippen MR) is 104 cm³/mol. The molecule has 9 heteroatoms. The van der Waals surface area contributed by atoms with E-state index in [1.807, 2.05) is 0 Å². The summed E-state index contributed by atoms with van der Waals surface area (Å²) in [6.07, 6.45) is 1.62. The lowest BCUT2D eigenvalue weighted by Gasteiger charge is -2.07. The zero-order valence-electron chi connectivity index (χ0n) is 15.3. The van der Waals surface area contributed by atoms with E-state index in [-0.39, 0.29) is 22.9 Å². The Labute approximate surface area is 154 Å². The van der Waals surface area contributed by atoms with Crippen molar-refractivity contribution in [3.63, 3.8) is 0 Å². The van der Waals surface area contributed by atoms with Crippen LogP contribution in [0.4, 0.5) is 5.95 Å². The van der Waals surface area contributed by atoms with Gasteiger partial charge >= 0.3 is 5.69 Å². The predicted octanol–water partition coefficient (Wildman–Crippen LogP) is 1.16. The SMILES string of the molecule is C=CCn1c(N/N=C(\C)c2ccccc2O)nc2c1c(=O)n(C)c(=O)n2C. The van der Waals surface area contributed by atoms with Gasteiger partial charge in [0.25, 0.3) is 5.56 Å². The molecule has 0 unspecified atom stereocenters. The summed E-state index contributed by atoms with van der Waals surface area (Å²) in [6, 6.07) is 6.82. The fraction of sp³-hybridized carbons (Fsp3) is 0.222. The van der Waals surface area contributed by atoms with E-state index in [0.29, 0.717) is 17.8 Å². The second kappa shape index (κ2) is 6.94. The summed E-state index contributed by atoms with van der Waals surface area (Å²) in [5, 5.41) is 14.2. The molecule has 3 aromatic rings. The van der Waals surface area contributed by atoms with Crippen LogP contribution in [0.5, 0.6) is 5.75 Å². The van der Waals surface area contributed by atoms with E-state index in [9.17, 15) is 14.7 Å². The molecule has 2 aromatic heterocycles. The molecule has 0 atom stereocenters. The van der Waals surface area contributed by atoms with Crippen molar-refractivity contribution in [3.8, 4) is 5.75 Å². The molecule has 0 amide bonds. The van der Waals surface area contributed by atoms with Gasteiger partial charge in [0.1, 0.15) is 5.75 Å². The van der Waals surface area contributed by atoms with E-state index in [1.54, 1.807) is 48.9 Å². The number of hydrogen-bond acceptors (Lipinski definition) is 6. The minimum atomic E-state index is -0.462. The first-order valence-electron chi connectivity index (χ1n) is 8.22. The van der Waals surface area contributed by atoms with Crippen LogP contribution in [0.2, 0.25) is 0 Å². The average molecular weight is 368 g/mol. The molecule has 0 aliphatic heterocycles. The van der Waals surface area contributed by atoms with E-state index in [1.165, 1.54) is 11.6 Å². The van der Waals surface area contributed by atoms with Crippen LogP contribution in [-0.4, -0.2) is 29.5 Å². The number of fused-ring (bicyclic) bond motifs is 1. The molecule has 0 saturated heterocycles. The summed E-state index contributed by atoms with van der Waals surface area (Å²) in [4.78, 5) is 29.1. The van der Waals surface area contributed by atoms with Gasteiger partial charge in [0.15, 0.2) is 11.2 Å². The summed E-state index contributed by atoms with van der Waals surface area (Å²) >= 11 is 0. The van der Waals surface area contributed by atoms with Crippen molar-refractivity contribution in [1.29, 1.82) is 0 Å². The highest BCUT2D eigenvalue weighted by Gasteiger charge is 2.18. The lowest BCUT2D eigenvalue weighted by atomic mass is 10.1. The number of para-hydroxylation sites is 1. The molecule has 0 aliphatic rings. The van der Waals surface area contributed by atoms with Gasteiger partial charge in [-0.3, -0.25) is 18.5 Å². The molecule has 3 rings (SSSR count). The van der Waals surface area contributed by atoms with Gasteiger partial charge in [-0.2, -0.15) is 10.1 Å². The third-order valence-corrected chi connectivity index (χ3v) is 4.28. The Morgan fingerprint density at radius 3 is 2.67 bits per heavy atom. The van der Waals surface area contributed by atoms with Crippen molar-refractivity contribution in [2.45, 2.75) is 13.5 Å². The Bertz CT molecular complexity index is 1180. The highest BCUT2D eigenvalue weighted by Crippen LogP contribution is 2.18. The molecule has 27 heavy (non-hydrogen) atoms. The van der Waals surface area contributed by atoms with Crippen molar-refractivity contribution in [2.75, 3.05) is 5.43 Å². The molecule has 0 spiro atoms. The normalized spacial score (nSPS) is 11.7. The molecule has 140 valence electrons. The second-order valence-corrected chi connectivity index (χ2v) is 6.04. The van der Waals surface area contributed by atoms with E-state index < -0.39 is 11.2 Å². The highest BCUT2D eigenvalue weighted by molar-refractivity contribution is 6.01. The van der Waals surface area contributed by atoms with Crippen molar-refractivity contribution < 1.29 is 5.11 Å². The Kier molecular flexibility index (Phi) is 4.68. The Hall–Kier alpha value is -3.62. The van der Waals surface area contributed by atoms with Crippen molar-refractivity contribution in [3.05, 3.63) is 63.3 Å². The number of nitrogens with one attached hydrogen (secondary N) is 1. The second-order valence-electron chi connectivity index (χ2n) is 6.04. The number of allylic oxidation sites excluding steroid dienone is 1. The fourth-order valence-electron chi connectivity index (χ4n) is 2.81. The first-order valence-corrected chi connectivity index (χ1v) is 8.22. The standard InChI is InChI=1S/C18H20N6O3/c1-5-10-24-14-15(22(3)18(27)23(4)16(14)26)19-17(24)21-20-11(2)12-8-6-7-9-13(12)25/h5-9,25H,1,10H2,2-4H3,(H,19,21)/b20-11+. The van der Waals surface area contributed by atoms with Gasteiger partial charge < -0.3 is 5.11 Å². The van der Waals surface area contributed by atoms with Gasteiger partial charge in [0.2, 0.25) is 5.95 Å². The number of aryl methyl sites for hydroxylation is 1. The lowest BCUT2D eigenvalue weighted by Crippen LogP contribution is -2.37. The average Bonchev–Trinajstić information content (AvgIpc) is 3.02. The van der Waals surface area contributed by atoms with Crippen LogP contribution in [0.1, 0.15) is 12.5 Å². The number of benzene rings is 1. The van der Waals surface area contributed by atoms with Crippen LogP contribution in [0.3, 0.4) is 0 Å². The van der Waals surface area contributed by atoms with Crippen LogP contribution in [-0.2, 0) is 20.6 Å². The summed E-state index contributed by atoms with van der Waals surface area (Å²) in [5.41, 5.74) is 3.55. The molecule has 0 radical (unpaired) electrons. The number of phenols is 1. The zero-order valence-corrected chi connectivity index (χ0v) is 15.3. The number of aromatic nitrogens is 4.